The number of hydrogen-bond donors (Lipinski definition) is 2. The first-order chi connectivity index (χ1) is 7.00. The molecule has 0 saturated heterocycles. The van der Waals surface area contributed by atoms with Gasteiger partial charge in [0.1, 0.15) is 0 Å². The number of benzene rings is 1. The third kappa shape index (κ3) is 2.55. The van der Waals surface area contributed by atoms with Gasteiger partial charge in [0.2, 0.25) is 0 Å². The number of rotatable bonds is 2. The first kappa shape index (κ1) is 11.0. The van der Waals surface area contributed by atoms with Crippen molar-refractivity contribution in [3.8, 4) is 0 Å². The molecule has 0 aromatic heterocycles. The van der Waals surface area contributed by atoms with Crippen LogP contribution in [0.15, 0.2) is 27.6 Å². The van der Waals surface area contributed by atoms with Gasteiger partial charge in [-0.05, 0) is 38.0 Å². The predicted molar refractivity (Wildman–Crippen MR) is 66.5 cm³/mol. The van der Waals surface area contributed by atoms with Crippen molar-refractivity contribution in [3.05, 3.63) is 28.2 Å². The van der Waals surface area contributed by atoms with Crippen LogP contribution >= 0.6 is 28.6 Å². The molecule has 0 aliphatic heterocycles. The molecule has 2 nitrogen and oxygen atoms in total. The Bertz CT molecular complexity index is 415. The lowest BCUT2D eigenvalue weighted by atomic mass is 10.2. The number of carbonyl (C=O) groups is 1. The zero-order valence-corrected chi connectivity index (χ0v) is 10.9. The average Bonchev–Trinajstić information content (AvgIpc) is 2.82. The van der Waals surface area contributed by atoms with Gasteiger partial charge in [0, 0.05) is 14.9 Å². The second kappa shape index (κ2) is 3.83. The van der Waals surface area contributed by atoms with E-state index in [1.54, 1.807) is 6.07 Å². The smallest absolute Gasteiger partial charge is 0.252 e. The zero-order valence-electron chi connectivity index (χ0n) is 8.38. The van der Waals surface area contributed by atoms with Gasteiger partial charge < -0.3 is 5.32 Å². The highest BCUT2D eigenvalue weighted by Crippen LogP contribution is 2.34. The molecule has 1 amide bonds. The van der Waals surface area contributed by atoms with Gasteiger partial charge >= 0.3 is 0 Å². The minimum atomic E-state index is -0.0347. The molecule has 0 radical (unpaired) electrons. The fraction of sp³-hybridized carbons (Fsp3) is 0.364. The third-order valence-electron chi connectivity index (χ3n) is 2.62. The molecule has 0 heterocycles. The van der Waals surface area contributed by atoms with E-state index in [1.165, 1.54) is 0 Å². The summed E-state index contributed by atoms with van der Waals surface area (Å²) in [6, 6.07) is 5.46. The van der Waals surface area contributed by atoms with E-state index in [-0.39, 0.29) is 11.4 Å². The van der Waals surface area contributed by atoms with E-state index >= 15 is 0 Å². The fourth-order valence-corrected chi connectivity index (χ4v) is 2.20. The van der Waals surface area contributed by atoms with Crippen LogP contribution < -0.4 is 5.32 Å². The Labute approximate surface area is 103 Å². The Balaban J connectivity index is 2.18. The van der Waals surface area contributed by atoms with Crippen LogP contribution in [0.2, 0.25) is 0 Å². The van der Waals surface area contributed by atoms with Crippen LogP contribution in [0.4, 0.5) is 0 Å². The van der Waals surface area contributed by atoms with Crippen LogP contribution in [0.5, 0.6) is 0 Å². The largest absolute Gasteiger partial charge is 0.347 e. The molecule has 0 spiro atoms. The molecular formula is C11H12BrNOS. The molecule has 4 heteroatoms. The van der Waals surface area contributed by atoms with Crippen LogP contribution in [0.1, 0.15) is 30.1 Å². The summed E-state index contributed by atoms with van der Waals surface area (Å²) < 4.78 is 0.932. The molecule has 1 aliphatic rings. The Morgan fingerprint density at radius 2 is 2.20 bits per heavy atom. The highest BCUT2D eigenvalue weighted by Gasteiger charge is 2.38. The van der Waals surface area contributed by atoms with Crippen LogP contribution in [0.25, 0.3) is 0 Å². The van der Waals surface area contributed by atoms with Gasteiger partial charge in [0.25, 0.3) is 5.91 Å². The van der Waals surface area contributed by atoms with Crippen molar-refractivity contribution in [2.24, 2.45) is 0 Å². The van der Waals surface area contributed by atoms with Crippen LogP contribution in [-0.2, 0) is 0 Å². The third-order valence-corrected chi connectivity index (χ3v) is 3.48. The number of hydrogen-bond acceptors (Lipinski definition) is 2. The van der Waals surface area contributed by atoms with Crippen LogP contribution in [0, 0.1) is 0 Å². The molecule has 80 valence electrons. The minimum Gasteiger partial charge on any atom is -0.347 e. The van der Waals surface area contributed by atoms with Crippen LogP contribution in [0.3, 0.4) is 0 Å². The van der Waals surface area contributed by atoms with Crippen molar-refractivity contribution in [1.82, 2.24) is 5.32 Å². The van der Waals surface area contributed by atoms with Gasteiger partial charge in [-0.3, -0.25) is 4.79 Å². The molecule has 1 N–H and O–H groups in total. The average molecular weight is 286 g/mol. The molecule has 1 aromatic rings. The number of thiol groups is 1. The minimum absolute atomic E-state index is 0.0182. The van der Waals surface area contributed by atoms with Gasteiger partial charge in [0.05, 0.1) is 5.56 Å². The van der Waals surface area contributed by atoms with Gasteiger partial charge in [-0.2, -0.15) is 0 Å². The fourth-order valence-electron chi connectivity index (χ4n) is 1.35. The SMILES string of the molecule is CC1(NC(=O)c2ccc(Br)cc2S)CC1. The Hall–Kier alpha value is -0.480. The summed E-state index contributed by atoms with van der Waals surface area (Å²) in [6.45, 7) is 2.06. The van der Waals surface area contributed by atoms with Gasteiger partial charge in [-0.15, -0.1) is 12.6 Å². The quantitative estimate of drug-likeness (QED) is 0.804. The topological polar surface area (TPSA) is 29.1 Å². The summed E-state index contributed by atoms with van der Waals surface area (Å²) in [6.07, 6.45) is 2.13. The molecule has 1 aliphatic carbocycles. The summed E-state index contributed by atoms with van der Waals surface area (Å²) in [7, 11) is 0. The van der Waals surface area contributed by atoms with Gasteiger partial charge in [-0.25, -0.2) is 0 Å². The molecule has 1 fully saturated rings. The van der Waals surface area contributed by atoms with Crippen molar-refractivity contribution < 1.29 is 4.79 Å². The summed E-state index contributed by atoms with van der Waals surface area (Å²) in [5.74, 6) is -0.0347. The van der Waals surface area contributed by atoms with Crippen molar-refractivity contribution in [2.45, 2.75) is 30.2 Å². The second-order valence-electron chi connectivity index (χ2n) is 4.18. The van der Waals surface area contributed by atoms with Crippen molar-refractivity contribution >= 4 is 34.5 Å². The van der Waals surface area contributed by atoms with E-state index in [0.717, 1.165) is 17.3 Å². The molecule has 15 heavy (non-hydrogen) atoms. The summed E-state index contributed by atoms with van der Waals surface area (Å²) in [5, 5.41) is 3.00. The Morgan fingerprint density at radius 3 is 2.73 bits per heavy atom. The maximum Gasteiger partial charge on any atom is 0.252 e. The van der Waals surface area contributed by atoms with Crippen molar-refractivity contribution in [1.29, 1.82) is 0 Å². The maximum absolute atomic E-state index is 11.9. The standard InChI is InChI=1S/C11H12BrNOS/c1-11(4-5-11)13-10(14)8-3-2-7(12)6-9(8)15/h2-3,6,15H,4-5H2,1H3,(H,13,14). The summed E-state index contributed by atoms with van der Waals surface area (Å²) >= 11 is 7.62. The van der Waals surface area contributed by atoms with E-state index in [0.29, 0.717) is 10.5 Å². The zero-order chi connectivity index (χ0) is 11.1. The molecular weight excluding hydrogens is 274 g/mol. The molecule has 0 atom stereocenters. The van der Waals surface area contributed by atoms with Gasteiger partial charge in [0.15, 0.2) is 0 Å². The van der Waals surface area contributed by atoms with E-state index in [2.05, 4.69) is 40.8 Å². The monoisotopic (exact) mass is 285 g/mol. The maximum atomic E-state index is 11.9. The van der Waals surface area contributed by atoms with Crippen LogP contribution in [-0.4, -0.2) is 11.4 Å². The molecule has 0 unspecified atom stereocenters. The summed E-state index contributed by atoms with van der Waals surface area (Å²) in [5.41, 5.74) is 0.652. The highest BCUT2D eigenvalue weighted by atomic mass is 79.9. The van der Waals surface area contributed by atoms with Crippen molar-refractivity contribution in [2.75, 3.05) is 0 Å². The van der Waals surface area contributed by atoms with E-state index in [4.69, 9.17) is 0 Å². The lowest BCUT2D eigenvalue weighted by Crippen LogP contribution is -2.34. The number of amides is 1. The lowest BCUT2D eigenvalue weighted by molar-refractivity contribution is 0.0932. The Morgan fingerprint density at radius 1 is 1.53 bits per heavy atom. The van der Waals surface area contributed by atoms with E-state index < -0.39 is 0 Å². The molecule has 1 aromatic carbocycles. The molecule has 1 saturated carbocycles. The highest BCUT2D eigenvalue weighted by molar-refractivity contribution is 9.10. The van der Waals surface area contributed by atoms with E-state index in [1.807, 2.05) is 12.1 Å². The first-order valence-electron chi connectivity index (χ1n) is 4.81. The predicted octanol–water partition coefficient (Wildman–Crippen LogP) is 3.02. The second-order valence-corrected chi connectivity index (χ2v) is 5.57. The normalized spacial score (nSPS) is 17.3. The van der Waals surface area contributed by atoms with Crippen molar-refractivity contribution in [3.63, 3.8) is 0 Å². The first-order valence-corrected chi connectivity index (χ1v) is 6.05. The summed E-state index contributed by atoms with van der Waals surface area (Å²) in [4.78, 5) is 12.6. The number of carbonyl (C=O) groups excluding carboxylic acids is 1. The molecule has 2 rings (SSSR count). The van der Waals surface area contributed by atoms with E-state index in [9.17, 15) is 4.79 Å². The van der Waals surface area contributed by atoms with Gasteiger partial charge in [-0.1, -0.05) is 15.9 Å². The number of nitrogens with one attached hydrogen (secondary N) is 1. The lowest BCUT2D eigenvalue weighted by Gasteiger charge is -2.12. The molecule has 0 bridgehead atoms. The number of halogens is 1. The Kier molecular flexibility index (Phi) is 2.81.